The first-order chi connectivity index (χ1) is 14.5. The Hall–Kier alpha value is -2.71. The van der Waals surface area contributed by atoms with E-state index in [4.69, 9.17) is 9.47 Å². The zero-order valence-corrected chi connectivity index (χ0v) is 18.2. The number of hydrogen-bond acceptors (Lipinski definition) is 3. The summed E-state index contributed by atoms with van der Waals surface area (Å²) in [5.74, 6) is -1.20. The highest BCUT2D eigenvalue weighted by atomic mass is 19.4. The van der Waals surface area contributed by atoms with E-state index in [9.17, 15) is 31.1 Å². The van der Waals surface area contributed by atoms with Crippen molar-refractivity contribution in [3.8, 4) is 11.5 Å². The van der Waals surface area contributed by atoms with Crippen LogP contribution in [0.25, 0.3) is 0 Å². The van der Waals surface area contributed by atoms with Crippen molar-refractivity contribution < 1.29 is 40.6 Å². The van der Waals surface area contributed by atoms with Gasteiger partial charge >= 0.3 is 18.3 Å². The monoisotopic (exact) mass is 462 g/mol. The average molecular weight is 462 g/mol. The molecule has 9 heteroatoms. The van der Waals surface area contributed by atoms with E-state index in [2.05, 4.69) is 0 Å². The highest BCUT2D eigenvalue weighted by molar-refractivity contribution is 5.74. The van der Waals surface area contributed by atoms with E-state index in [1.54, 1.807) is 34.6 Å². The van der Waals surface area contributed by atoms with Crippen LogP contribution in [-0.4, -0.2) is 23.9 Å². The van der Waals surface area contributed by atoms with E-state index in [-0.39, 0.29) is 11.5 Å². The van der Waals surface area contributed by atoms with E-state index in [0.29, 0.717) is 12.1 Å². The van der Waals surface area contributed by atoms with Crippen LogP contribution in [0.2, 0.25) is 0 Å². The maximum atomic E-state index is 14.2. The Kier molecular flexibility index (Phi) is 6.92. The predicted molar refractivity (Wildman–Crippen MR) is 107 cm³/mol. The summed E-state index contributed by atoms with van der Waals surface area (Å²) in [6, 6.07) is 6.84. The van der Waals surface area contributed by atoms with Gasteiger partial charge in [0.25, 0.3) is 0 Å². The summed E-state index contributed by atoms with van der Waals surface area (Å²) in [5, 5.41) is 0. The van der Waals surface area contributed by atoms with E-state index >= 15 is 0 Å². The SMILES string of the molecule is CC(C)C(=O)Oc1ccc(C(c2ccc(OC(C)(C)C)cc2)(C(F)(F)F)C(F)(F)F)cc1. The third-order valence-electron chi connectivity index (χ3n) is 4.54. The largest absolute Gasteiger partial charge is 0.488 e. The van der Waals surface area contributed by atoms with Gasteiger partial charge in [-0.25, -0.2) is 0 Å². The lowest BCUT2D eigenvalue weighted by atomic mass is 9.73. The fourth-order valence-electron chi connectivity index (χ4n) is 3.12. The van der Waals surface area contributed by atoms with Crippen molar-refractivity contribution in [2.75, 3.05) is 0 Å². The first kappa shape index (κ1) is 25.5. The van der Waals surface area contributed by atoms with Crippen LogP contribution in [-0.2, 0) is 10.2 Å². The Morgan fingerprint density at radius 3 is 1.41 bits per heavy atom. The normalized spacial score (nSPS) is 13.2. The van der Waals surface area contributed by atoms with Crippen LogP contribution < -0.4 is 9.47 Å². The number of halogens is 6. The molecule has 0 saturated heterocycles. The molecule has 0 aliphatic heterocycles. The molecule has 0 radical (unpaired) electrons. The molecule has 32 heavy (non-hydrogen) atoms. The Balaban J connectivity index is 2.62. The number of benzene rings is 2. The number of carbonyl (C=O) groups excluding carboxylic acids is 1. The van der Waals surface area contributed by atoms with E-state index in [0.717, 1.165) is 36.4 Å². The van der Waals surface area contributed by atoms with Crippen LogP contribution >= 0.6 is 0 Å². The van der Waals surface area contributed by atoms with E-state index < -0.39 is 46.4 Å². The Labute approximate surface area is 182 Å². The molecule has 0 aliphatic rings. The molecular formula is C23H24F6O3. The summed E-state index contributed by atoms with van der Waals surface area (Å²) in [5.41, 5.74) is -7.03. The van der Waals surface area contributed by atoms with Crippen LogP contribution in [0.15, 0.2) is 48.5 Å². The first-order valence-electron chi connectivity index (χ1n) is 9.74. The lowest BCUT2D eigenvalue weighted by Gasteiger charge is -2.38. The Bertz CT molecular complexity index is 907. The molecule has 2 aromatic rings. The van der Waals surface area contributed by atoms with Gasteiger partial charge < -0.3 is 9.47 Å². The van der Waals surface area contributed by atoms with Gasteiger partial charge in [-0.1, -0.05) is 38.1 Å². The minimum absolute atomic E-state index is 0.135. The van der Waals surface area contributed by atoms with Gasteiger partial charge in [0.1, 0.15) is 17.1 Å². The van der Waals surface area contributed by atoms with Gasteiger partial charge in [-0.05, 0) is 56.2 Å². The molecule has 0 aromatic heterocycles. The molecule has 3 nitrogen and oxygen atoms in total. The minimum Gasteiger partial charge on any atom is -0.488 e. The fraction of sp³-hybridized carbons (Fsp3) is 0.435. The maximum Gasteiger partial charge on any atom is 0.411 e. The molecule has 0 saturated carbocycles. The Morgan fingerprint density at radius 2 is 1.09 bits per heavy atom. The van der Waals surface area contributed by atoms with Gasteiger partial charge in [0.15, 0.2) is 0 Å². The molecule has 176 valence electrons. The average Bonchev–Trinajstić information content (AvgIpc) is 2.61. The maximum absolute atomic E-state index is 14.2. The summed E-state index contributed by atoms with van der Waals surface area (Å²) in [6.45, 7) is 8.18. The van der Waals surface area contributed by atoms with Crippen LogP contribution in [0.5, 0.6) is 11.5 Å². The molecule has 0 bridgehead atoms. The third kappa shape index (κ3) is 5.19. The fourth-order valence-corrected chi connectivity index (χ4v) is 3.12. The van der Waals surface area contributed by atoms with Crippen molar-refractivity contribution in [1.29, 1.82) is 0 Å². The van der Waals surface area contributed by atoms with Crippen molar-refractivity contribution in [3.05, 3.63) is 59.7 Å². The highest BCUT2D eigenvalue weighted by Crippen LogP contribution is 2.56. The topological polar surface area (TPSA) is 35.5 Å². The molecule has 0 atom stereocenters. The number of hydrogen-bond donors (Lipinski definition) is 0. The zero-order chi connectivity index (χ0) is 24.5. The molecule has 0 spiro atoms. The van der Waals surface area contributed by atoms with Gasteiger partial charge in [-0.2, -0.15) is 26.3 Å². The summed E-state index contributed by atoms with van der Waals surface area (Å²) in [6.07, 6.45) is -11.4. The smallest absolute Gasteiger partial charge is 0.411 e. The predicted octanol–water partition coefficient (Wildman–Crippen LogP) is 6.84. The van der Waals surface area contributed by atoms with Crippen LogP contribution in [0.3, 0.4) is 0 Å². The number of ether oxygens (including phenoxy) is 2. The molecule has 2 aromatic carbocycles. The van der Waals surface area contributed by atoms with Crippen molar-refractivity contribution in [2.45, 2.75) is 58.0 Å². The molecule has 0 fully saturated rings. The minimum atomic E-state index is -5.71. The molecule has 0 unspecified atom stereocenters. The van der Waals surface area contributed by atoms with Gasteiger partial charge in [-0.15, -0.1) is 0 Å². The number of alkyl halides is 6. The van der Waals surface area contributed by atoms with Crippen LogP contribution in [0, 0.1) is 5.92 Å². The standard InChI is InChI=1S/C23H24F6O3/c1-14(2)19(30)31-17-10-6-15(7-11-17)21(22(24,25)26,23(27,28)29)16-8-12-18(13-9-16)32-20(3,4)5/h6-14H,1-5H3. The summed E-state index contributed by atoms with van der Waals surface area (Å²) in [7, 11) is 0. The quantitative estimate of drug-likeness (QED) is 0.277. The van der Waals surface area contributed by atoms with E-state index in [1.165, 1.54) is 0 Å². The number of rotatable bonds is 5. The van der Waals surface area contributed by atoms with Crippen molar-refractivity contribution in [3.63, 3.8) is 0 Å². The second kappa shape index (κ2) is 8.67. The van der Waals surface area contributed by atoms with Crippen LogP contribution in [0.1, 0.15) is 45.7 Å². The van der Waals surface area contributed by atoms with Gasteiger partial charge in [-0.3, -0.25) is 4.79 Å². The van der Waals surface area contributed by atoms with E-state index in [1.807, 2.05) is 0 Å². The molecule has 0 aliphatic carbocycles. The van der Waals surface area contributed by atoms with Gasteiger partial charge in [0.05, 0.1) is 5.92 Å². The lowest BCUT2D eigenvalue weighted by Crippen LogP contribution is -2.54. The van der Waals surface area contributed by atoms with Crippen molar-refractivity contribution in [1.82, 2.24) is 0 Å². The molecule has 0 N–H and O–H groups in total. The highest BCUT2D eigenvalue weighted by Gasteiger charge is 2.72. The van der Waals surface area contributed by atoms with Crippen LogP contribution in [0.4, 0.5) is 26.3 Å². The molecule has 2 rings (SSSR count). The molecule has 0 heterocycles. The number of carbonyl (C=O) groups is 1. The lowest BCUT2D eigenvalue weighted by molar-refractivity contribution is -0.288. The first-order valence-corrected chi connectivity index (χ1v) is 9.74. The van der Waals surface area contributed by atoms with Gasteiger partial charge in [0.2, 0.25) is 5.41 Å². The summed E-state index contributed by atoms with van der Waals surface area (Å²) in [4.78, 5) is 11.7. The number of esters is 1. The molecular weight excluding hydrogens is 438 g/mol. The molecule has 0 amide bonds. The van der Waals surface area contributed by atoms with Crippen molar-refractivity contribution in [2.24, 2.45) is 5.92 Å². The summed E-state index contributed by atoms with van der Waals surface area (Å²) < 4.78 is 95.6. The Morgan fingerprint density at radius 1 is 0.719 bits per heavy atom. The second-order valence-electron chi connectivity index (χ2n) is 8.58. The summed E-state index contributed by atoms with van der Waals surface area (Å²) >= 11 is 0. The second-order valence-corrected chi connectivity index (χ2v) is 8.58. The van der Waals surface area contributed by atoms with Gasteiger partial charge in [0, 0.05) is 0 Å². The van der Waals surface area contributed by atoms with Crippen molar-refractivity contribution >= 4 is 5.97 Å². The third-order valence-corrected chi connectivity index (χ3v) is 4.54. The zero-order valence-electron chi connectivity index (χ0n) is 18.2.